The van der Waals surface area contributed by atoms with Crippen LogP contribution in [-0.2, 0) is 0 Å². The minimum atomic E-state index is -0.446. The average molecular weight is 414 g/mol. The van der Waals surface area contributed by atoms with E-state index in [-0.39, 0.29) is 11.5 Å². The molecule has 0 spiro atoms. The molecule has 4 heterocycles. The van der Waals surface area contributed by atoms with Gasteiger partial charge in [-0.25, -0.2) is 13.8 Å². The van der Waals surface area contributed by atoms with E-state index in [2.05, 4.69) is 31.8 Å². The van der Waals surface area contributed by atoms with E-state index in [1.165, 1.54) is 17.6 Å². The molecule has 3 aromatic heterocycles. The zero-order chi connectivity index (χ0) is 20.1. The summed E-state index contributed by atoms with van der Waals surface area (Å²) in [7, 11) is 0. The minimum absolute atomic E-state index is 0.261. The van der Waals surface area contributed by atoms with Crippen LogP contribution in [0.1, 0.15) is 12.6 Å². The summed E-state index contributed by atoms with van der Waals surface area (Å²) in [5.41, 5.74) is 2.33. The van der Waals surface area contributed by atoms with Crippen LogP contribution < -0.4 is 15.5 Å². The van der Waals surface area contributed by atoms with Crippen LogP contribution in [0.4, 0.5) is 26.0 Å². The molecule has 1 unspecified atom stereocenters. The number of nitrogens with zero attached hydrogens (tertiary/aromatic N) is 4. The van der Waals surface area contributed by atoms with Crippen LogP contribution in [0.3, 0.4) is 0 Å². The van der Waals surface area contributed by atoms with E-state index >= 15 is 4.39 Å². The highest BCUT2D eigenvalue weighted by molar-refractivity contribution is 7.13. The van der Waals surface area contributed by atoms with E-state index in [1.54, 1.807) is 29.8 Å². The minimum Gasteiger partial charge on any atom is -0.369 e. The second kappa shape index (κ2) is 6.93. The van der Waals surface area contributed by atoms with Gasteiger partial charge in [-0.3, -0.25) is 0 Å². The SMILES string of the molecule is Cc1cn2cc(Nc3nsc4cc(N5CCNC(C)C5)cc(F)c34)cc(F)c2n1. The third-order valence-electron chi connectivity index (χ3n) is 5.13. The van der Waals surface area contributed by atoms with Crippen molar-refractivity contribution in [3.8, 4) is 0 Å². The van der Waals surface area contributed by atoms with Crippen LogP contribution >= 0.6 is 11.5 Å². The predicted octanol–water partition coefficient (Wildman–Crippen LogP) is 4.07. The highest BCUT2D eigenvalue weighted by Crippen LogP contribution is 2.35. The monoisotopic (exact) mass is 414 g/mol. The van der Waals surface area contributed by atoms with E-state index in [0.29, 0.717) is 22.9 Å². The summed E-state index contributed by atoms with van der Waals surface area (Å²) in [6, 6.07) is 5.24. The molecule has 0 aliphatic carbocycles. The number of hydrogen-bond donors (Lipinski definition) is 2. The van der Waals surface area contributed by atoms with Crippen molar-refractivity contribution in [2.45, 2.75) is 19.9 Å². The number of piperazine rings is 1. The summed E-state index contributed by atoms with van der Waals surface area (Å²) in [5, 5.41) is 6.88. The van der Waals surface area contributed by atoms with Crippen molar-refractivity contribution in [3.05, 3.63) is 47.9 Å². The molecule has 150 valence electrons. The van der Waals surface area contributed by atoms with Gasteiger partial charge in [0.05, 0.1) is 21.5 Å². The zero-order valence-corrected chi connectivity index (χ0v) is 16.9. The van der Waals surface area contributed by atoms with E-state index in [1.807, 2.05) is 6.07 Å². The number of fused-ring (bicyclic) bond motifs is 2. The Hall–Kier alpha value is -2.78. The standard InChI is InChI=1S/C20H20F2N6S/c1-11-8-27(4-3-23-11)14-6-15(21)18-17(7-14)29-26-19(18)25-13-5-16(22)20-24-12(2)9-28(20)10-13/h5-7,9-11,23H,3-4,8H2,1-2H3,(H,25,26). The second-order valence-corrected chi connectivity index (χ2v) is 8.25. The lowest BCUT2D eigenvalue weighted by Crippen LogP contribution is -2.49. The van der Waals surface area contributed by atoms with Gasteiger partial charge < -0.3 is 19.9 Å². The number of halogens is 2. The van der Waals surface area contributed by atoms with Crippen molar-refractivity contribution in [3.63, 3.8) is 0 Å². The van der Waals surface area contributed by atoms with E-state index in [4.69, 9.17) is 0 Å². The molecule has 0 saturated carbocycles. The number of aryl methyl sites for hydroxylation is 1. The van der Waals surface area contributed by atoms with Crippen molar-refractivity contribution in [2.24, 2.45) is 0 Å². The molecule has 1 saturated heterocycles. The summed E-state index contributed by atoms with van der Waals surface area (Å²) in [6.45, 7) is 6.46. The number of anilines is 3. The largest absolute Gasteiger partial charge is 0.369 e. The first kappa shape index (κ1) is 18.3. The molecule has 0 radical (unpaired) electrons. The van der Waals surface area contributed by atoms with E-state index < -0.39 is 5.82 Å². The van der Waals surface area contributed by atoms with Gasteiger partial charge in [0, 0.05) is 49.8 Å². The van der Waals surface area contributed by atoms with Gasteiger partial charge in [-0.1, -0.05) is 0 Å². The molecule has 29 heavy (non-hydrogen) atoms. The molecular formula is C20H20F2N6S. The first-order chi connectivity index (χ1) is 14.0. The number of nitrogens with one attached hydrogen (secondary N) is 2. The van der Waals surface area contributed by atoms with Gasteiger partial charge >= 0.3 is 0 Å². The highest BCUT2D eigenvalue weighted by atomic mass is 32.1. The van der Waals surface area contributed by atoms with Gasteiger partial charge in [-0.2, -0.15) is 4.37 Å². The fourth-order valence-corrected chi connectivity index (χ4v) is 4.61. The molecular weight excluding hydrogens is 394 g/mol. The van der Waals surface area contributed by atoms with Gasteiger partial charge in [0.15, 0.2) is 17.3 Å². The second-order valence-electron chi connectivity index (χ2n) is 7.45. The van der Waals surface area contributed by atoms with Crippen LogP contribution in [0.2, 0.25) is 0 Å². The molecule has 1 atom stereocenters. The topological polar surface area (TPSA) is 57.5 Å². The molecule has 0 amide bonds. The third-order valence-corrected chi connectivity index (χ3v) is 5.93. The van der Waals surface area contributed by atoms with Crippen molar-refractivity contribution >= 4 is 44.5 Å². The summed E-state index contributed by atoms with van der Waals surface area (Å²) >= 11 is 1.23. The number of aromatic nitrogens is 3. The van der Waals surface area contributed by atoms with Gasteiger partial charge in [0.1, 0.15) is 5.82 Å². The summed E-state index contributed by atoms with van der Waals surface area (Å²) < 4.78 is 36.1. The Morgan fingerprint density at radius 3 is 2.90 bits per heavy atom. The normalized spacial score (nSPS) is 17.4. The molecule has 0 bridgehead atoms. The molecule has 1 aliphatic rings. The fraction of sp³-hybridized carbons (Fsp3) is 0.300. The molecule has 1 aliphatic heterocycles. The third kappa shape index (κ3) is 3.30. The Labute approximate surface area is 170 Å². The van der Waals surface area contributed by atoms with Gasteiger partial charge in [-0.05, 0) is 37.5 Å². The summed E-state index contributed by atoms with van der Waals surface area (Å²) in [5.74, 6) is -0.392. The van der Waals surface area contributed by atoms with Crippen molar-refractivity contribution in [1.82, 2.24) is 19.1 Å². The van der Waals surface area contributed by atoms with Gasteiger partial charge in [-0.15, -0.1) is 0 Å². The molecule has 6 nitrogen and oxygen atoms in total. The van der Waals surface area contributed by atoms with Crippen LogP contribution in [0.5, 0.6) is 0 Å². The fourth-order valence-electron chi connectivity index (χ4n) is 3.83. The number of rotatable bonds is 3. The Kier molecular flexibility index (Phi) is 4.36. The average Bonchev–Trinajstić information content (AvgIpc) is 3.25. The van der Waals surface area contributed by atoms with E-state index in [0.717, 1.165) is 35.7 Å². The number of hydrogen-bond acceptors (Lipinski definition) is 6. The van der Waals surface area contributed by atoms with Crippen molar-refractivity contribution in [2.75, 3.05) is 29.9 Å². The number of benzene rings is 1. The first-order valence-corrected chi connectivity index (χ1v) is 10.2. The summed E-state index contributed by atoms with van der Waals surface area (Å²) in [4.78, 5) is 6.33. The summed E-state index contributed by atoms with van der Waals surface area (Å²) in [6.07, 6.45) is 3.46. The first-order valence-electron chi connectivity index (χ1n) is 9.47. The predicted molar refractivity (Wildman–Crippen MR) is 112 cm³/mol. The molecule has 2 N–H and O–H groups in total. The van der Waals surface area contributed by atoms with Gasteiger partial charge in [0.2, 0.25) is 0 Å². The van der Waals surface area contributed by atoms with Crippen LogP contribution in [0, 0.1) is 18.6 Å². The molecule has 4 aromatic rings. The van der Waals surface area contributed by atoms with Crippen LogP contribution in [-0.4, -0.2) is 39.4 Å². The van der Waals surface area contributed by atoms with Crippen molar-refractivity contribution in [1.29, 1.82) is 0 Å². The maximum absolute atomic E-state index is 15.0. The molecule has 9 heteroatoms. The Morgan fingerprint density at radius 1 is 1.21 bits per heavy atom. The Morgan fingerprint density at radius 2 is 2.07 bits per heavy atom. The maximum Gasteiger partial charge on any atom is 0.173 e. The number of imidazole rings is 1. The molecule has 1 aromatic carbocycles. The lowest BCUT2D eigenvalue weighted by molar-refractivity contribution is 0.484. The van der Waals surface area contributed by atoms with E-state index in [9.17, 15) is 4.39 Å². The maximum atomic E-state index is 15.0. The zero-order valence-electron chi connectivity index (χ0n) is 16.0. The lowest BCUT2D eigenvalue weighted by atomic mass is 10.1. The van der Waals surface area contributed by atoms with Crippen molar-refractivity contribution < 1.29 is 8.78 Å². The number of pyridine rings is 1. The Bertz CT molecular complexity index is 1220. The van der Waals surface area contributed by atoms with Crippen LogP contribution in [0.15, 0.2) is 30.6 Å². The van der Waals surface area contributed by atoms with Crippen LogP contribution in [0.25, 0.3) is 15.7 Å². The smallest absolute Gasteiger partial charge is 0.173 e. The quantitative estimate of drug-likeness (QED) is 0.529. The highest BCUT2D eigenvalue weighted by Gasteiger charge is 2.20. The Balaban J connectivity index is 1.50. The van der Waals surface area contributed by atoms with Gasteiger partial charge in [0.25, 0.3) is 0 Å². The molecule has 5 rings (SSSR count). The molecule has 1 fully saturated rings. The lowest BCUT2D eigenvalue weighted by Gasteiger charge is -2.33.